The summed E-state index contributed by atoms with van der Waals surface area (Å²) in [5.41, 5.74) is 0. The number of hydrogen-bond donors (Lipinski definition) is 1. The molecule has 1 unspecified atom stereocenters. The van der Waals surface area contributed by atoms with Crippen LogP contribution in [0.15, 0.2) is 23.1 Å². The van der Waals surface area contributed by atoms with Gasteiger partial charge >= 0.3 is 0 Å². The molecule has 108 valence electrons. The van der Waals surface area contributed by atoms with Gasteiger partial charge < -0.3 is 5.32 Å². The van der Waals surface area contributed by atoms with E-state index in [-0.39, 0.29) is 27.6 Å². The van der Waals surface area contributed by atoms with Crippen LogP contribution in [0.3, 0.4) is 0 Å². The normalized spacial score (nSPS) is 13.8. The first kappa shape index (κ1) is 16.8. The third-order valence-electron chi connectivity index (χ3n) is 2.90. The predicted octanol–water partition coefficient (Wildman–Crippen LogP) is 3.40. The zero-order valence-electron chi connectivity index (χ0n) is 11.3. The zero-order valence-corrected chi connectivity index (χ0v) is 13.6. The van der Waals surface area contributed by atoms with Gasteiger partial charge in [-0.3, -0.25) is 0 Å². The van der Waals surface area contributed by atoms with Gasteiger partial charge in [-0.2, -0.15) is 0 Å². The van der Waals surface area contributed by atoms with E-state index in [0.29, 0.717) is 5.02 Å². The Balaban J connectivity index is 3.06. The van der Waals surface area contributed by atoms with Crippen molar-refractivity contribution in [2.24, 2.45) is 5.92 Å². The number of sulfone groups is 1. The number of benzene rings is 1. The van der Waals surface area contributed by atoms with Crippen LogP contribution in [0.1, 0.15) is 20.8 Å². The highest BCUT2D eigenvalue weighted by Crippen LogP contribution is 2.26. The minimum absolute atomic E-state index is 0.0125. The van der Waals surface area contributed by atoms with Crippen LogP contribution < -0.4 is 5.32 Å². The van der Waals surface area contributed by atoms with Gasteiger partial charge in [0.25, 0.3) is 0 Å². The fourth-order valence-corrected chi connectivity index (χ4v) is 4.32. The topological polar surface area (TPSA) is 46.2 Å². The maximum absolute atomic E-state index is 12.4. The summed E-state index contributed by atoms with van der Waals surface area (Å²) >= 11 is 11.8. The van der Waals surface area contributed by atoms with Crippen molar-refractivity contribution in [3.63, 3.8) is 0 Å². The second kappa shape index (κ2) is 6.93. The Hall–Kier alpha value is -0.290. The molecule has 1 aromatic rings. The summed E-state index contributed by atoms with van der Waals surface area (Å²) in [5.74, 6) is 0.228. The largest absolute Gasteiger partial charge is 0.313 e. The highest BCUT2D eigenvalue weighted by atomic mass is 35.5. The van der Waals surface area contributed by atoms with E-state index in [4.69, 9.17) is 23.2 Å². The lowest BCUT2D eigenvalue weighted by atomic mass is 10.1. The molecule has 0 fully saturated rings. The second-order valence-electron chi connectivity index (χ2n) is 4.76. The highest BCUT2D eigenvalue weighted by Gasteiger charge is 2.25. The van der Waals surface area contributed by atoms with Gasteiger partial charge in [0.2, 0.25) is 0 Å². The summed E-state index contributed by atoms with van der Waals surface area (Å²) in [7, 11) is -3.46. The Morgan fingerprint density at radius 3 is 2.42 bits per heavy atom. The Bertz CT molecular complexity index is 529. The fraction of sp³-hybridized carbons (Fsp3) is 0.538. The van der Waals surface area contributed by atoms with E-state index in [9.17, 15) is 8.42 Å². The lowest BCUT2D eigenvalue weighted by Crippen LogP contribution is -2.39. The minimum atomic E-state index is -3.46. The van der Waals surface area contributed by atoms with Crippen molar-refractivity contribution in [1.29, 1.82) is 0 Å². The first-order valence-corrected chi connectivity index (χ1v) is 8.60. The van der Waals surface area contributed by atoms with E-state index < -0.39 is 9.84 Å². The molecule has 0 radical (unpaired) electrons. The van der Waals surface area contributed by atoms with Crippen molar-refractivity contribution in [2.45, 2.75) is 31.7 Å². The number of hydrogen-bond acceptors (Lipinski definition) is 3. The summed E-state index contributed by atoms with van der Waals surface area (Å²) in [5, 5.41) is 3.77. The van der Waals surface area contributed by atoms with Crippen LogP contribution >= 0.6 is 23.2 Å². The standard InChI is InChI=1S/C13H19Cl2NO2S/c1-4-16-12(9(2)3)8-19(17,18)13-7-10(14)5-6-11(13)15/h5-7,9,12,16H,4,8H2,1-3H3. The van der Waals surface area contributed by atoms with Crippen molar-refractivity contribution >= 4 is 33.0 Å². The van der Waals surface area contributed by atoms with E-state index in [1.807, 2.05) is 20.8 Å². The van der Waals surface area contributed by atoms with Crippen molar-refractivity contribution < 1.29 is 8.42 Å². The van der Waals surface area contributed by atoms with Crippen LogP contribution in [0.2, 0.25) is 10.0 Å². The molecule has 0 saturated carbocycles. The Morgan fingerprint density at radius 2 is 1.89 bits per heavy atom. The van der Waals surface area contributed by atoms with Gasteiger partial charge in [-0.05, 0) is 30.7 Å². The maximum atomic E-state index is 12.4. The molecule has 0 aliphatic heterocycles. The minimum Gasteiger partial charge on any atom is -0.313 e. The third kappa shape index (κ3) is 4.63. The molecular weight excluding hydrogens is 305 g/mol. The molecule has 0 amide bonds. The second-order valence-corrected chi connectivity index (χ2v) is 7.61. The Labute approximate surface area is 125 Å². The summed E-state index contributed by atoms with van der Waals surface area (Å²) in [6.45, 7) is 6.65. The molecule has 19 heavy (non-hydrogen) atoms. The van der Waals surface area contributed by atoms with Gasteiger partial charge in [0.1, 0.15) is 0 Å². The summed E-state index contributed by atoms with van der Waals surface area (Å²) in [6.07, 6.45) is 0. The van der Waals surface area contributed by atoms with Crippen LogP contribution in [0.4, 0.5) is 0 Å². The summed E-state index contributed by atoms with van der Waals surface area (Å²) in [6, 6.07) is 4.38. The van der Waals surface area contributed by atoms with Crippen LogP contribution in [0.5, 0.6) is 0 Å². The Kier molecular flexibility index (Phi) is 6.12. The van der Waals surface area contributed by atoms with Gasteiger partial charge in [-0.15, -0.1) is 0 Å². The van der Waals surface area contributed by atoms with Gasteiger partial charge in [0.15, 0.2) is 9.84 Å². The molecule has 0 spiro atoms. The molecule has 0 heterocycles. The van der Waals surface area contributed by atoms with Gasteiger partial charge in [-0.1, -0.05) is 44.0 Å². The molecule has 0 bridgehead atoms. The fourth-order valence-electron chi connectivity index (χ4n) is 1.79. The summed E-state index contributed by atoms with van der Waals surface area (Å²) in [4.78, 5) is 0.102. The molecular formula is C13H19Cl2NO2S. The number of halogens is 2. The number of nitrogens with one attached hydrogen (secondary N) is 1. The van der Waals surface area contributed by atoms with Crippen molar-refractivity contribution in [2.75, 3.05) is 12.3 Å². The number of rotatable bonds is 6. The molecule has 1 N–H and O–H groups in total. The van der Waals surface area contributed by atoms with E-state index in [1.165, 1.54) is 12.1 Å². The smallest absolute Gasteiger partial charge is 0.181 e. The van der Waals surface area contributed by atoms with E-state index in [2.05, 4.69) is 5.32 Å². The van der Waals surface area contributed by atoms with E-state index in [1.54, 1.807) is 6.07 Å². The van der Waals surface area contributed by atoms with Crippen molar-refractivity contribution in [3.05, 3.63) is 28.2 Å². The first-order chi connectivity index (χ1) is 8.77. The van der Waals surface area contributed by atoms with Gasteiger partial charge in [-0.25, -0.2) is 8.42 Å². The van der Waals surface area contributed by atoms with Crippen LogP contribution in [0, 0.1) is 5.92 Å². The van der Waals surface area contributed by atoms with Gasteiger partial charge in [0.05, 0.1) is 15.7 Å². The monoisotopic (exact) mass is 323 g/mol. The first-order valence-electron chi connectivity index (χ1n) is 6.19. The predicted molar refractivity (Wildman–Crippen MR) is 80.8 cm³/mol. The Morgan fingerprint density at radius 1 is 1.26 bits per heavy atom. The summed E-state index contributed by atoms with van der Waals surface area (Å²) < 4.78 is 24.8. The van der Waals surface area contributed by atoms with E-state index >= 15 is 0 Å². The zero-order chi connectivity index (χ0) is 14.6. The highest BCUT2D eigenvalue weighted by molar-refractivity contribution is 7.91. The molecule has 0 aliphatic carbocycles. The molecule has 6 heteroatoms. The SMILES string of the molecule is CCNC(CS(=O)(=O)c1cc(Cl)ccc1Cl)C(C)C. The quantitative estimate of drug-likeness (QED) is 0.872. The average Bonchev–Trinajstić information content (AvgIpc) is 2.31. The molecule has 1 aromatic carbocycles. The van der Waals surface area contributed by atoms with E-state index in [0.717, 1.165) is 6.54 Å². The molecule has 1 rings (SSSR count). The molecule has 1 atom stereocenters. The average molecular weight is 324 g/mol. The molecule has 0 aromatic heterocycles. The van der Waals surface area contributed by atoms with Crippen LogP contribution in [0.25, 0.3) is 0 Å². The van der Waals surface area contributed by atoms with Gasteiger partial charge in [0, 0.05) is 11.1 Å². The molecule has 0 aliphatic rings. The maximum Gasteiger partial charge on any atom is 0.181 e. The molecule has 3 nitrogen and oxygen atoms in total. The lowest BCUT2D eigenvalue weighted by molar-refractivity contribution is 0.435. The van der Waals surface area contributed by atoms with Crippen LogP contribution in [-0.4, -0.2) is 26.8 Å². The molecule has 0 saturated heterocycles. The van der Waals surface area contributed by atoms with Crippen molar-refractivity contribution in [1.82, 2.24) is 5.32 Å². The van der Waals surface area contributed by atoms with Crippen LogP contribution in [-0.2, 0) is 9.84 Å². The third-order valence-corrected chi connectivity index (χ3v) is 5.38. The van der Waals surface area contributed by atoms with Crippen molar-refractivity contribution in [3.8, 4) is 0 Å². The lowest BCUT2D eigenvalue weighted by Gasteiger charge is -2.21.